The Morgan fingerprint density at radius 3 is 2.61 bits per heavy atom. The second-order valence-electron chi connectivity index (χ2n) is 4.47. The van der Waals surface area contributed by atoms with Gasteiger partial charge in [-0.3, -0.25) is 4.79 Å². The summed E-state index contributed by atoms with van der Waals surface area (Å²) in [5.41, 5.74) is 8.66. The van der Waals surface area contributed by atoms with Crippen LogP contribution < -0.4 is 15.2 Å². The van der Waals surface area contributed by atoms with E-state index in [4.69, 9.17) is 20.3 Å². The van der Waals surface area contributed by atoms with Gasteiger partial charge in [0.05, 0.1) is 6.42 Å². The molecule has 1 aromatic rings. The summed E-state index contributed by atoms with van der Waals surface area (Å²) in [4.78, 5) is 10.8. The number of aryl methyl sites for hydroxylation is 1. The first kappa shape index (κ1) is 12.7. The molecule has 1 heterocycles. The van der Waals surface area contributed by atoms with Crippen molar-refractivity contribution < 1.29 is 19.4 Å². The first-order valence-corrected chi connectivity index (χ1v) is 5.87. The maximum absolute atomic E-state index is 10.8. The summed E-state index contributed by atoms with van der Waals surface area (Å²) >= 11 is 0. The van der Waals surface area contributed by atoms with Crippen LogP contribution in [0.1, 0.15) is 29.2 Å². The fraction of sp³-hybridized carbons (Fsp3) is 0.462. The number of carbonyl (C=O) groups is 1. The zero-order valence-electron chi connectivity index (χ0n) is 10.5. The Balaban J connectivity index is 2.47. The molecule has 18 heavy (non-hydrogen) atoms. The number of nitrogens with two attached hydrogens (primary N) is 1. The summed E-state index contributed by atoms with van der Waals surface area (Å²) in [5.74, 6) is 0.362. The summed E-state index contributed by atoms with van der Waals surface area (Å²) in [6.07, 6.45) is -0.127. The number of carboxylic acids is 1. The summed E-state index contributed by atoms with van der Waals surface area (Å²) in [6, 6.07) is 1.30. The van der Waals surface area contributed by atoms with Crippen molar-refractivity contribution in [1.29, 1.82) is 0 Å². The van der Waals surface area contributed by atoms with Crippen molar-refractivity contribution in [2.75, 3.05) is 13.2 Å². The molecular weight excluding hydrogens is 234 g/mol. The molecule has 98 valence electrons. The summed E-state index contributed by atoms with van der Waals surface area (Å²) in [5, 5.41) is 8.82. The van der Waals surface area contributed by atoms with Gasteiger partial charge in [-0.2, -0.15) is 0 Å². The van der Waals surface area contributed by atoms with Gasteiger partial charge in [0.25, 0.3) is 0 Å². The lowest BCUT2D eigenvalue weighted by Gasteiger charge is -2.25. The van der Waals surface area contributed by atoms with Gasteiger partial charge in [-0.05, 0) is 25.0 Å². The van der Waals surface area contributed by atoms with Crippen LogP contribution in [0.5, 0.6) is 11.5 Å². The van der Waals surface area contributed by atoms with Gasteiger partial charge in [0.15, 0.2) is 11.5 Å². The highest BCUT2D eigenvalue weighted by atomic mass is 16.6. The van der Waals surface area contributed by atoms with Crippen molar-refractivity contribution in [3.8, 4) is 11.5 Å². The fourth-order valence-electron chi connectivity index (χ4n) is 2.07. The lowest BCUT2D eigenvalue weighted by Crippen LogP contribution is -2.22. The van der Waals surface area contributed by atoms with Crippen LogP contribution >= 0.6 is 0 Å². The zero-order chi connectivity index (χ0) is 13.3. The molecule has 1 aromatic carbocycles. The smallest absolute Gasteiger partial charge is 0.305 e. The van der Waals surface area contributed by atoms with Crippen molar-refractivity contribution in [1.82, 2.24) is 0 Å². The van der Waals surface area contributed by atoms with E-state index in [-0.39, 0.29) is 6.42 Å². The quantitative estimate of drug-likeness (QED) is 0.851. The van der Waals surface area contributed by atoms with Gasteiger partial charge in [-0.25, -0.2) is 0 Å². The monoisotopic (exact) mass is 251 g/mol. The first-order valence-electron chi connectivity index (χ1n) is 5.87. The molecule has 5 nitrogen and oxygen atoms in total. The van der Waals surface area contributed by atoms with E-state index in [1.165, 1.54) is 0 Å². The van der Waals surface area contributed by atoms with Crippen molar-refractivity contribution >= 4 is 5.97 Å². The van der Waals surface area contributed by atoms with E-state index in [1.807, 2.05) is 19.9 Å². The molecule has 3 N–H and O–H groups in total. The Bertz CT molecular complexity index is 484. The number of fused-ring (bicyclic) bond motifs is 1. The van der Waals surface area contributed by atoms with Crippen molar-refractivity contribution in [3.63, 3.8) is 0 Å². The van der Waals surface area contributed by atoms with E-state index < -0.39 is 12.0 Å². The highest BCUT2D eigenvalue weighted by Gasteiger charge is 2.24. The highest BCUT2D eigenvalue weighted by molar-refractivity contribution is 5.69. The van der Waals surface area contributed by atoms with Crippen LogP contribution in [0.15, 0.2) is 6.07 Å². The molecule has 0 aromatic heterocycles. The van der Waals surface area contributed by atoms with Gasteiger partial charge in [-0.1, -0.05) is 6.07 Å². The van der Waals surface area contributed by atoms with Gasteiger partial charge in [0.2, 0.25) is 0 Å². The second-order valence-corrected chi connectivity index (χ2v) is 4.47. The van der Waals surface area contributed by atoms with Gasteiger partial charge in [-0.15, -0.1) is 0 Å². The predicted molar refractivity (Wildman–Crippen MR) is 66.1 cm³/mol. The summed E-state index contributed by atoms with van der Waals surface area (Å²) in [7, 11) is 0. The maximum atomic E-state index is 10.8. The van der Waals surface area contributed by atoms with Crippen LogP contribution in [-0.2, 0) is 4.79 Å². The molecule has 2 rings (SSSR count). The molecule has 0 radical (unpaired) electrons. The third-order valence-corrected chi connectivity index (χ3v) is 3.14. The minimum atomic E-state index is -0.925. The summed E-state index contributed by atoms with van der Waals surface area (Å²) in [6.45, 7) is 4.87. The van der Waals surface area contributed by atoms with Gasteiger partial charge in [0.1, 0.15) is 13.2 Å². The zero-order valence-corrected chi connectivity index (χ0v) is 10.5. The van der Waals surface area contributed by atoms with Crippen LogP contribution in [0, 0.1) is 13.8 Å². The van der Waals surface area contributed by atoms with E-state index in [1.54, 1.807) is 0 Å². The number of carboxylic acid groups (broad SMARTS) is 1. The SMILES string of the molecule is Cc1cc(C(N)CC(=O)O)c2c(c1C)OCCO2. The largest absolute Gasteiger partial charge is 0.486 e. The predicted octanol–water partition coefficient (Wildman–Crippen LogP) is 1.55. The molecule has 1 aliphatic heterocycles. The number of hydrogen-bond acceptors (Lipinski definition) is 4. The average molecular weight is 251 g/mol. The molecule has 0 saturated carbocycles. The third-order valence-electron chi connectivity index (χ3n) is 3.14. The summed E-state index contributed by atoms with van der Waals surface area (Å²) < 4.78 is 11.2. The minimum Gasteiger partial charge on any atom is -0.486 e. The topological polar surface area (TPSA) is 81.8 Å². The number of hydrogen-bond donors (Lipinski definition) is 2. The molecule has 1 unspecified atom stereocenters. The Labute approximate surface area is 106 Å². The Morgan fingerprint density at radius 1 is 1.39 bits per heavy atom. The third kappa shape index (κ3) is 2.26. The van der Waals surface area contributed by atoms with Crippen LogP contribution in [0.3, 0.4) is 0 Å². The first-order chi connectivity index (χ1) is 8.50. The van der Waals surface area contributed by atoms with Crippen molar-refractivity contribution in [2.45, 2.75) is 26.3 Å². The second kappa shape index (κ2) is 4.86. The average Bonchev–Trinajstić information content (AvgIpc) is 2.33. The number of rotatable bonds is 3. The maximum Gasteiger partial charge on any atom is 0.305 e. The lowest BCUT2D eigenvalue weighted by molar-refractivity contribution is -0.137. The van der Waals surface area contributed by atoms with Gasteiger partial charge < -0.3 is 20.3 Å². The van der Waals surface area contributed by atoms with E-state index in [0.717, 1.165) is 11.1 Å². The van der Waals surface area contributed by atoms with Crippen molar-refractivity contribution in [3.05, 3.63) is 22.8 Å². The molecular formula is C13H17NO4. The van der Waals surface area contributed by atoms with E-state index in [0.29, 0.717) is 30.3 Å². The van der Waals surface area contributed by atoms with Gasteiger partial charge in [0, 0.05) is 11.6 Å². The van der Waals surface area contributed by atoms with Crippen LogP contribution in [-0.4, -0.2) is 24.3 Å². The van der Waals surface area contributed by atoms with Crippen molar-refractivity contribution in [2.24, 2.45) is 5.73 Å². The highest BCUT2D eigenvalue weighted by Crippen LogP contribution is 2.41. The van der Waals surface area contributed by atoms with E-state index in [2.05, 4.69) is 0 Å². The minimum absolute atomic E-state index is 0.127. The Kier molecular flexibility index (Phi) is 3.43. The fourth-order valence-corrected chi connectivity index (χ4v) is 2.07. The molecule has 0 bridgehead atoms. The molecule has 0 amide bonds. The van der Waals surface area contributed by atoms with Crippen LogP contribution in [0.25, 0.3) is 0 Å². The molecule has 1 aliphatic rings. The molecule has 0 aliphatic carbocycles. The van der Waals surface area contributed by atoms with Crippen LogP contribution in [0.4, 0.5) is 0 Å². The Hall–Kier alpha value is -1.75. The standard InChI is InChI=1S/C13H17NO4/c1-7-5-9(10(14)6-11(15)16)13-12(8(7)2)17-3-4-18-13/h5,10H,3-4,6,14H2,1-2H3,(H,15,16). The molecule has 0 saturated heterocycles. The van der Waals surface area contributed by atoms with E-state index >= 15 is 0 Å². The molecule has 5 heteroatoms. The van der Waals surface area contributed by atoms with Crippen LogP contribution in [0.2, 0.25) is 0 Å². The Morgan fingerprint density at radius 2 is 2.00 bits per heavy atom. The molecule has 0 spiro atoms. The molecule has 0 fully saturated rings. The number of benzene rings is 1. The number of aliphatic carboxylic acids is 1. The van der Waals surface area contributed by atoms with Gasteiger partial charge >= 0.3 is 5.97 Å². The van der Waals surface area contributed by atoms with E-state index in [9.17, 15) is 4.79 Å². The normalized spacial score (nSPS) is 15.3. The molecule has 1 atom stereocenters. The number of ether oxygens (including phenoxy) is 2. The lowest BCUT2D eigenvalue weighted by atomic mass is 9.97.